The van der Waals surface area contributed by atoms with Crippen LogP contribution in [0, 0.1) is 13.8 Å². The minimum atomic E-state index is -0.324. The minimum absolute atomic E-state index is 0.324. The molecule has 2 rings (SSSR count). The van der Waals surface area contributed by atoms with Gasteiger partial charge < -0.3 is 4.74 Å². The van der Waals surface area contributed by atoms with Gasteiger partial charge in [0.2, 0.25) is 0 Å². The lowest BCUT2D eigenvalue weighted by molar-refractivity contribution is 0.0953. The minimum Gasteiger partial charge on any atom is -0.489 e. The number of aryl methyl sites for hydroxylation is 2. The Morgan fingerprint density at radius 2 is 1.90 bits per heavy atom. The first-order valence-corrected chi connectivity index (χ1v) is 6.88. The molecule has 4 nitrogen and oxygen atoms in total. The largest absolute Gasteiger partial charge is 0.489 e. The van der Waals surface area contributed by atoms with E-state index in [4.69, 9.17) is 22.2 Å². The van der Waals surface area contributed by atoms with Gasteiger partial charge in [-0.1, -0.05) is 23.7 Å². The molecule has 0 atom stereocenters. The van der Waals surface area contributed by atoms with Gasteiger partial charge in [0.1, 0.15) is 12.4 Å². The Kier molecular flexibility index (Phi) is 4.83. The molecule has 0 fully saturated rings. The van der Waals surface area contributed by atoms with Gasteiger partial charge in [-0.2, -0.15) is 0 Å². The van der Waals surface area contributed by atoms with E-state index in [1.165, 1.54) is 0 Å². The van der Waals surface area contributed by atoms with Gasteiger partial charge >= 0.3 is 0 Å². The van der Waals surface area contributed by atoms with Crippen LogP contribution in [0.15, 0.2) is 36.4 Å². The molecular formula is C16H17ClN2O2. The Labute approximate surface area is 128 Å². The monoisotopic (exact) mass is 304 g/mol. The fourth-order valence-electron chi connectivity index (χ4n) is 2.04. The van der Waals surface area contributed by atoms with Crippen molar-refractivity contribution in [2.75, 3.05) is 0 Å². The van der Waals surface area contributed by atoms with Crippen molar-refractivity contribution >= 4 is 17.5 Å². The van der Waals surface area contributed by atoms with Crippen molar-refractivity contribution in [2.45, 2.75) is 20.5 Å². The lowest BCUT2D eigenvalue weighted by atomic mass is 10.1. The third-order valence-corrected chi connectivity index (χ3v) is 3.73. The molecule has 0 saturated carbocycles. The Hall–Kier alpha value is -2.04. The molecular weight excluding hydrogens is 288 g/mol. The van der Waals surface area contributed by atoms with Gasteiger partial charge in [-0.3, -0.25) is 10.2 Å². The van der Waals surface area contributed by atoms with Crippen LogP contribution in [-0.2, 0) is 6.61 Å². The van der Waals surface area contributed by atoms with E-state index >= 15 is 0 Å². The van der Waals surface area contributed by atoms with Gasteiger partial charge in [0, 0.05) is 10.6 Å². The number of amides is 1. The van der Waals surface area contributed by atoms with Crippen molar-refractivity contribution < 1.29 is 9.53 Å². The van der Waals surface area contributed by atoms with Crippen LogP contribution >= 0.6 is 11.6 Å². The number of carbonyl (C=O) groups excluding carboxylic acids is 1. The molecule has 0 saturated heterocycles. The van der Waals surface area contributed by atoms with Gasteiger partial charge in [0.05, 0.1) is 0 Å². The molecule has 2 aromatic carbocycles. The number of nitrogens with two attached hydrogens (primary N) is 1. The molecule has 0 aromatic heterocycles. The highest BCUT2D eigenvalue weighted by Crippen LogP contribution is 2.26. The molecule has 0 spiro atoms. The number of carbonyl (C=O) groups is 1. The smallest absolute Gasteiger partial charge is 0.265 e. The SMILES string of the molecule is Cc1cc(OCc2cccc(C(=O)NN)c2)cc(C)c1Cl. The van der Waals surface area contributed by atoms with Crippen molar-refractivity contribution in [2.24, 2.45) is 5.84 Å². The van der Waals surface area contributed by atoms with Crippen LogP contribution < -0.4 is 16.0 Å². The molecule has 0 heterocycles. The molecule has 21 heavy (non-hydrogen) atoms. The predicted octanol–water partition coefficient (Wildman–Crippen LogP) is 3.14. The standard InChI is InChI=1S/C16H17ClN2O2/c1-10-6-14(7-11(2)15(10)17)21-9-12-4-3-5-13(8-12)16(20)19-18/h3-8H,9,18H2,1-2H3,(H,19,20). The first-order valence-electron chi connectivity index (χ1n) is 6.50. The topological polar surface area (TPSA) is 64.3 Å². The first kappa shape index (κ1) is 15.4. The lowest BCUT2D eigenvalue weighted by Gasteiger charge is -2.10. The molecule has 110 valence electrons. The van der Waals surface area contributed by atoms with Gasteiger partial charge in [-0.15, -0.1) is 0 Å². The number of hydrogen-bond donors (Lipinski definition) is 2. The Balaban J connectivity index is 2.11. The molecule has 0 radical (unpaired) electrons. The van der Waals surface area contributed by atoms with E-state index in [2.05, 4.69) is 5.43 Å². The van der Waals surface area contributed by atoms with E-state index in [-0.39, 0.29) is 5.91 Å². The predicted molar refractivity (Wildman–Crippen MR) is 83.4 cm³/mol. The van der Waals surface area contributed by atoms with Gasteiger partial charge in [0.15, 0.2) is 0 Å². The van der Waals surface area contributed by atoms with E-state index in [1.807, 2.05) is 32.0 Å². The number of hydrazine groups is 1. The summed E-state index contributed by atoms with van der Waals surface area (Å²) < 4.78 is 5.76. The second kappa shape index (κ2) is 6.61. The average molecular weight is 305 g/mol. The van der Waals surface area contributed by atoms with E-state index in [9.17, 15) is 4.79 Å². The van der Waals surface area contributed by atoms with Crippen LogP contribution in [-0.4, -0.2) is 5.91 Å². The summed E-state index contributed by atoms with van der Waals surface area (Å²) in [6, 6.07) is 10.9. The number of nitrogens with one attached hydrogen (secondary N) is 1. The van der Waals surface area contributed by atoms with Crippen molar-refractivity contribution in [3.05, 3.63) is 63.7 Å². The molecule has 2 aromatic rings. The maximum Gasteiger partial charge on any atom is 0.265 e. The highest BCUT2D eigenvalue weighted by atomic mass is 35.5. The van der Waals surface area contributed by atoms with Crippen molar-refractivity contribution in [1.29, 1.82) is 0 Å². The number of benzene rings is 2. The number of ether oxygens (including phenoxy) is 1. The molecule has 0 aliphatic rings. The van der Waals surface area contributed by atoms with Crippen LogP contribution in [0.1, 0.15) is 27.0 Å². The molecule has 0 aliphatic carbocycles. The van der Waals surface area contributed by atoms with Crippen LogP contribution in [0.5, 0.6) is 5.75 Å². The second-order valence-corrected chi connectivity index (χ2v) is 5.21. The third-order valence-electron chi connectivity index (χ3n) is 3.14. The zero-order valence-electron chi connectivity index (χ0n) is 11.9. The maximum atomic E-state index is 11.5. The summed E-state index contributed by atoms with van der Waals surface area (Å²) in [5.74, 6) is 5.55. The first-order chi connectivity index (χ1) is 10.0. The van der Waals surface area contributed by atoms with E-state index in [0.29, 0.717) is 12.2 Å². The number of halogens is 1. The van der Waals surface area contributed by atoms with Crippen LogP contribution in [0.25, 0.3) is 0 Å². The van der Waals surface area contributed by atoms with Gasteiger partial charge in [0.25, 0.3) is 5.91 Å². The lowest BCUT2D eigenvalue weighted by Crippen LogP contribution is -2.30. The fourth-order valence-corrected chi connectivity index (χ4v) is 2.15. The average Bonchev–Trinajstić information content (AvgIpc) is 2.50. The number of nitrogen functional groups attached to an aromatic ring is 1. The van der Waals surface area contributed by atoms with E-state index in [0.717, 1.165) is 27.5 Å². The summed E-state index contributed by atoms with van der Waals surface area (Å²) in [5, 5.41) is 0.754. The zero-order valence-corrected chi connectivity index (χ0v) is 12.7. The summed E-state index contributed by atoms with van der Waals surface area (Å²) in [4.78, 5) is 11.5. The van der Waals surface area contributed by atoms with Crippen LogP contribution in [0.2, 0.25) is 5.02 Å². The fraction of sp³-hybridized carbons (Fsp3) is 0.188. The maximum absolute atomic E-state index is 11.5. The summed E-state index contributed by atoms with van der Waals surface area (Å²) in [6.45, 7) is 4.25. The molecule has 3 N–H and O–H groups in total. The summed E-state index contributed by atoms with van der Waals surface area (Å²) >= 11 is 6.13. The van der Waals surface area contributed by atoms with Crippen molar-refractivity contribution in [3.8, 4) is 5.75 Å². The summed E-state index contributed by atoms with van der Waals surface area (Å²) in [7, 11) is 0. The molecule has 0 bridgehead atoms. The van der Waals surface area contributed by atoms with Gasteiger partial charge in [-0.05, 0) is 54.8 Å². The Morgan fingerprint density at radius 3 is 2.52 bits per heavy atom. The number of hydrogen-bond acceptors (Lipinski definition) is 3. The van der Waals surface area contributed by atoms with Crippen LogP contribution in [0.3, 0.4) is 0 Å². The highest BCUT2D eigenvalue weighted by molar-refractivity contribution is 6.32. The quantitative estimate of drug-likeness (QED) is 0.518. The van der Waals surface area contributed by atoms with Crippen molar-refractivity contribution in [1.82, 2.24) is 5.43 Å². The summed E-state index contributed by atoms with van der Waals surface area (Å²) in [5.41, 5.74) is 5.45. The summed E-state index contributed by atoms with van der Waals surface area (Å²) in [6.07, 6.45) is 0. The molecule has 1 amide bonds. The zero-order chi connectivity index (χ0) is 15.4. The molecule has 5 heteroatoms. The molecule has 0 aliphatic heterocycles. The Morgan fingerprint density at radius 1 is 1.24 bits per heavy atom. The van der Waals surface area contributed by atoms with Crippen LogP contribution in [0.4, 0.5) is 0 Å². The van der Waals surface area contributed by atoms with Gasteiger partial charge in [-0.25, -0.2) is 5.84 Å². The third kappa shape index (κ3) is 3.74. The highest BCUT2D eigenvalue weighted by Gasteiger charge is 2.06. The second-order valence-electron chi connectivity index (χ2n) is 4.83. The van der Waals surface area contributed by atoms with E-state index in [1.54, 1.807) is 18.2 Å². The normalized spacial score (nSPS) is 10.3. The van der Waals surface area contributed by atoms with Crippen molar-refractivity contribution in [3.63, 3.8) is 0 Å². The molecule has 0 unspecified atom stereocenters. The Bertz CT molecular complexity index is 648. The number of rotatable bonds is 4. The van der Waals surface area contributed by atoms with E-state index < -0.39 is 0 Å².